The zero-order chi connectivity index (χ0) is 11.2. The summed E-state index contributed by atoms with van der Waals surface area (Å²) in [6, 6.07) is 0. The van der Waals surface area contributed by atoms with E-state index >= 15 is 0 Å². The number of nitrogens with one attached hydrogen (secondary N) is 2. The van der Waals surface area contributed by atoms with Crippen LogP contribution in [0.25, 0.3) is 0 Å². The van der Waals surface area contributed by atoms with Crippen molar-refractivity contribution in [3.8, 4) is 0 Å². The molecule has 1 amide bonds. The van der Waals surface area contributed by atoms with Crippen LogP contribution in [0.4, 0.5) is 0 Å². The van der Waals surface area contributed by atoms with Crippen LogP contribution >= 0.6 is 0 Å². The van der Waals surface area contributed by atoms with Gasteiger partial charge in [0.15, 0.2) is 0 Å². The van der Waals surface area contributed by atoms with Gasteiger partial charge in [0.05, 0.1) is 0 Å². The molecule has 3 nitrogen and oxygen atoms in total. The first kappa shape index (κ1) is 11.6. The average Bonchev–Trinajstić information content (AvgIpc) is 2.81. The van der Waals surface area contributed by atoms with Gasteiger partial charge in [0, 0.05) is 19.5 Å². The van der Waals surface area contributed by atoms with Crippen LogP contribution in [0, 0.1) is 5.92 Å². The van der Waals surface area contributed by atoms with Crippen LogP contribution < -0.4 is 10.6 Å². The third-order valence-corrected chi connectivity index (χ3v) is 3.62. The fourth-order valence-electron chi connectivity index (χ4n) is 2.59. The van der Waals surface area contributed by atoms with E-state index in [1.165, 1.54) is 31.3 Å². The number of carbonyl (C=O) groups is 1. The van der Waals surface area contributed by atoms with Crippen molar-refractivity contribution in [1.82, 2.24) is 10.6 Å². The number of carbonyl (C=O) groups excluding carboxylic acids is 1. The van der Waals surface area contributed by atoms with Crippen molar-refractivity contribution in [2.24, 2.45) is 5.92 Å². The third-order valence-electron chi connectivity index (χ3n) is 3.62. The summed E-state index contributed by atoms with van der Waals surface area (Å²) in [6.45, 7) is 2.76. The Hall–Kier alpha value is -0.830. The first-order valence-corrected chi connectivity index (χ1v) is 6.50. The molecular formula is C13H22N2O. The zero-order valence-electron chi connectivity index (χ0n) is 9.93. The van der Waals surface area contributed by atoms with Gasteiger partial charge >= 0.3 is 0 Å². The van der Waals surface area contributed by atoms with E-state index in [0.717, 1.165) is 32.5 Å². The van der Waals surface area contributed by atoms with Crippen LogP contribution in [0.15, 0.2) is 11.6 Å². The largest absolute Gasteiger partial charge is 0.352 e. The van der Waals surface area contributed by atoms with Crippen molar-refractivity contribution in [2.75, 3.05) is 19.6 Å². The highest BCUT2D eigenvalue weighted by molar-refractivity contribution is 5.76. The molecule has 1 aliphatic heterocycles. The Morgan fingerprint density at radius 1 is 1.44 bits per heavy atom. The summed E-state index contributed by atoms with van der Waals surface area (Å²) in [5.74, 6) is 0.897. The van der Waals surface area contributed by atoms with E-state index in [0.29, 0.717) is 5.92 Å². The maximum Gasteiger partial charge on any atom is 0.220 e. The van der Waals surface area contributed by atoms with E-state index in [4.69, 9.17) is 0 Å². The lowest BCUT2D eigenvalue weighted by molar-refractivity contribution is -0.121. The molecule has 1 heterocycles. The van der Waals surface area contributed by atoms with Gasteiger partial charge in [-0.1, -0.05) is 24.5 Å². The summed E-state index contributed by atoms with van der Waals surface area (Å²) in [6.07, 6.45) is 9.14. The predicted octanol–water partition coefficient (Wildman–Crippen LogP) is 1.60. The van der Waals surface area contributed by atoms with Crippen LogP contribution in [0.1, 0.15) is 38.5 Å². The minimum atomic E-state index is 0.242. The second kappa shape index (κ2) is 6.04. The van der Waals surface area contributed by atoms with Crippen molar-refractivity contribution < 1.29 is 4.79 Å². The molecule has 2 aliphatic rings. The van der Waals surface area contributed by atoms with Crippen molar-refractivity contribution in [1.29, 1.82) is 0 Å². The highest BCUT2D eigenvalue weighted by Crippen LogP contribution is 2.27. The average molecular weight is 222 g/mol. The summed E-state index contributed by atoms with van der Waals surface area (Å²) < 4.78 is 0. The van der Waals surface area contributed by atoms with Gasteiger partial charge in [0.25, 0.3) is 0 Å². The second-order valence-corrected chi connectivity index (χ2v) is 4.95. The normalized spacial score (nSPS) is 21.9. The first-order valence-electron chi connectivity index (χ1n) is 6.50. The maximum atomic E-state index is 11.7. The summed E-state index contributed by atoms with van der Waals surface area (Å²) in [7, 11) is 0. The van der Waals surface area contributed by atoms with E-state index in [-0.39, 0.29) is 5.91 Å². The zero-order valence-corrected chi connectivity index (χ0v) is 9.93. The molecule has 0 bridgehead atoms. The first-order chi connectivity index (χ1) is 7.84. The fraction of sp³-hybridized carbons (Fsp3) is 0.769. The smallest absolute Gasteiger partial charge is 0.220 e. The Morgan fingerprint density at radius 3 is 2.94 bits per heavy atom. The lowest BCUT2D eigenvalue weighted by Crippen LogP contribution is -2.30. The van der Waals surface area contributed by atoms with E-state index in [1.807, 2.05) is 0 Å². The molecule has 90 valence electrons. The summed E-state index contributed by atoms with van der Waals surface area (Å²) in [5.41, 5.74) is 1.37. The van der Waals surface area contributed by atoms with Gasteiger partial charge in [-0.15, -0.1) is 0 Å². The standard InChI is InChI=1S/C13H22N2O/c16-13(9-11-3-1-2-4-11)15-10-12-5-7-14-8-6-12/h5,11,14H,1-4,6-10H2,(H,15,16). The highest BCUT2D eigenvalue weighted by Gasteiger charge is 2.18. The molecular weight excluding hydrogens is 200 g/mol. The van der Waals surface area contributed by atoms with Gasteiger partial charge in [-0.25, -0.2) is 0 Å². The Balaban J connectivity index is 1.64. The van der Waals surface area contributed by atoms with Crippen molar-refractivity contribution >= 4 is 5.91 Å². The number of rotatable bonds is 4. The lowest BCUT2D eigenvalue weighted by atomic mass is 10.0. The molecule has 3 heteroatoms. The molecule has 2 N–H and O–H groups in total. The highest BCUT2D eigenvalue weighted by atomic mass is 16.1. The number of amides is 1. The Bertz CT molecular complexity index is 267. The molecule has 0 aromatic rings. The van der Waals surface area contributed by atoms with E-state index in [2.05, 4.69) is 16.7 Å². The van der Waals surface area contributed by atoms with Crippen molar-refractivity contribution in [2.45, 2.75) is 38.5 Å². The van der Waals surface area contributed by atoms with Crippen molar-refractivity contribution in [3.63, 3.8) is 0 Å². The third kappa shape index (κ3) is 3.63. The predicted molar refractivity (Wildman–Crippen MR) is 65.2 cm³/mol. The van der Waals surface area contributed by atoms with Gasteiger partial charge in [0.2, 0.25) is 5.91 Å². The second-order valence-electron chi connectivity index (χ2n) is 4.95. The Morgan fingerprint density at radius 2 is 2.25 bits per heavy atom. The molecule has 0 spiro atoms. The van der Waals surface area contributed by atoms with Gasteiger partial charge in [-0.05, 0) is 31.7 Å². The van der Waals surface area contributed by atoms with Crippen molar-refractivity contribution in [3.05, 3.63) is 11.6 Å². The topological polar surface area (TPSA) is 41.1 Å². The molecule has 0 radical (unpaired) electrons. The van der Waals surface area contributed by atoms with Gasteiger partial charge in [-0.2, -0.15) is 0 Å². The maximum absolute atomic E-state index is 11.7. The molecule has 0 saturated heterocycles. The summed E-state index contributed by atoms with van der Waals surface area (Å²) in [4.78, 5) is 11.7. The molecule has 2 rings (SSSR count). The van der Waals surface area contributed by atoms with Crippen LogP contribution in [0.5, 0.6) is 0 Å². The fourth-order valence-corrected chi connectivity index (χ4v) is 2.59. The number of hydrogen-bond donors (Lipinski definition) is 2. The SMILES string of the molecule is O=C(CC1CCCC1)NCC1=CCNCC1. The molecule has 1 saturated carbocycles. The van der Waals surface area contributed by atoms with Crippen LogP contribution in [-0.4, -0.2) is 25.5 Å². The van der Waals surface area contributed by atoms with Crippen LogP contribution in [-0.2, 0) is 4.79 Å². The molecule has 0 unspecified atom stereocenters. The molecule has 0 aromatic heterocycles. The van der Waals surface area contributed by atoms with Crippen LogP contribution in [0.3, 0.4) is 0 Å². The molecule has 1 fully saturated rings. The van der Waals surface area contributed by atoms with Gasteiger partial charge in [0.1, 0.15) is 0 Å². The quantitative estimate of drug-likeness (QED) is 0.709. The van der Waals surface area contributed by atoms with E-state index in [9.17, 15) is 4.79 Å². The monoisotopic (exact) mass is 222 g/mol. The van der Waals surface area contributed by atoms with Gasteiger partial charge < -0.3 is 10.6 Å². The molecule has 16 heavy (non-hydrogen) atoms. The van der Waals surface area contributed by atoms with E-state index < -0.39 is 0 Å². The van der Waals surface area contributed by atoms with Crippen LogP contribution in [0.2, 0.25) is 0 Å². The minimum absolute atomic E-state index is 0.242. The Kier molecular flexibility index (Phi) is 4.40. The van der Waals surface area contributed by atoms with E-state index in [1.54, 1.807) is 0 Å². The Labute approximate surface area is 97.7 Å². The van der Waals surface area contributed by atoms with Gasteiger partial charge in [-0.3, -0.25) is 4.79 Å². The summed E-state index contributed by atoms with van der Waals surface area (Å²) in [5, 5.41) is 6.32. The minimum Gasteiger partial charge on any atom is -0.352 e. The molecule has 1 aliphatic carbocycles. The summed E-state index contributed by atoms with van der Waals surface area (Å²) >= 11 is 0. The lowest BCUT2D eigenvalue weighted by Gasteiger charge is -2.15. The molecule has 0 atom stereocenters. The molecule has 0 aromatic carbocycles. The number of hydrogen-bond acceptors (Lipinski definition) is 2.